The molecule has 0 unspecified atom stereocenters. The summed E-state index contributed by atoms with van der Waals surface area (Å²) in [7, 11) is 0. The van der Waals surface area contributed by atoms with Crippen LogP contribution >= 0.6 is 0 Å². The molecule has 1 fully saturated rings. The standard InChI is InChI=1S/C77H99N17O26/c1-7-11-57-43(6)56(95)35-58(120-57)49(14-8-12-39(2)28-41(4)29-40(3)17-23-48-13-9-16-65(107)119-48)89-77(117)118-27-25-46-38-94(93-92-46)26-10-15-50(75(115)116)84-70(110)52(31-61(99)100)86-72(112)54(33-63(103)104)88-73(113)55(34-64(105)106)87-71(111)53(32-62(101)102)85-69(109)51(30-60(97)98)83-59(96)24-18-42(5)81-68(108)44-19-21-45(22-20-44)79-36-47-37-80-67-66(82-47)74(114)91-76(78)90-67/h7-9,11-12,14,16-17,19-23,29,37-38,41-43,48-58,79,95H,10,13,15,18,24-28,30-36H2,1-6H3,(H,81,108)(H,83,96)(H,84,110)(H,85,109)(H,86,112)(H,87,111)(H,88,113)(H,89,117)(H,97,98)(H,99,100)(H,101,102)(H,103,104)(H,105,106)(H,115,116)(H3,78,80,90,91,114)/b11-7+,14-8+,23-17+,39-12+,40-29-/t41-,42-,43+,48-,49-,50+,51-,52-,53-,54-,55-,56-,57+,58+/m1/s1. The number of aliphatic hydroxyl groups excluding tert-OH is 1. The number of cyclic esters (lactones) is 1. The van der Waals surface area contributed by atoms with Crippen molar-refractivity contribution in [2.75, 3.05) is 17.7 Å². The average Bonchev–Trinajstić information content (AvgIpc) is 0.882. The van der Waals surface area contributed by atoms with E-state index in [1.54, 1.807) is 30.4 Å². The molecular formula is C77H99N17O26. The number of nitrogens with two attached hydrogens (primary N) is 1. The first kappa shape index (κ1) is 95.2. The van der Waals surface area contributed by atoms with Gasteiger partial charge in [0.25, 0.3) is 5.91 Å². The fourth-order valence-electron chi connectivity index (χ4n) is 12.3. The topological polar surface area (TPSA) is 662 Å². The molecule has 5 heterocycles. The molecule has 2 aliphatic rings. The molecule has 2 aliphatic heterocycles. The Balaban J connectivity index is 0.994. The number of carbonyl (C=O) groups is 15. The lowest BCUT2D eigenvalue weighted by molar-refractivity contribution is -0.145. The summed E-state index contributed by atoms with van der Waals surface area (Å²) in [6, 6.07) is -8.41. The van der Waals surface area contributed by atoms with E-state index in [2.05, 4.69) is 69.8 Å². The molecule has 0 radical (unpaired) electrons. The van der Waals surface area contributed by atoms with Gasteiger partial charge < -0.3 is 109 Å². The summed E-state index contributed by atoms with van der Waals surface area (Å²) < 4.78 is 18.5. The van der Waals surface area contributed by atoms with Crippen molar-refractivity contribution >= 4 is 112 Å². The molecule has 0 spiro atoms. The Hall–Kier alpha value is -13.6. The lowest BCUT2D eigenvalue weighted by Gasteiger charge is -2.39. The van der Waals surface area contributed by atoms with Gasteiger partial charge in [0.2, 0.25) is 47.3 Å². The highest BCUT2D eigenvalue weighted by Crippen LogP contribution is 2.29. The number of aryl methyl sites for hydroxylation is 1. The van der Waals surface area contributed by atoms with Crippen LogP contribution in [0.2, 0.25) is 0 Å². The highest BCUT2D eigenvalue weighted by atomic mass is 16.6. The zero-order chi connectivity index (χ0) is 88.4. The van der Waals surface area contributed by atoms with Gasteiger partial charge in [0.1, 0.15) is 42.4 Å². The van der Waals surface area contributed by atoms with Gasteiger partial charge in [-0.25, -0.2) is 24.4 Å². The van der Waals surface area contributed by atoms with E-state index >= 15 is 0 Å². The van der Waals surface area contributed by atoms with Crippen LogP contribution in [0.3, 0.4) is 0 Å². The van der Waals surface area contributed by atoms with Gasteiger partial charge in [0, 0.05) is 67.7 Å². The number of aliphatic hydroxyl groups is 1. The number of aromatic hydroxyl groups is 1. The van der Waals surface area contributed by atoms with Crippen molar-refractivity contribution in [3.8, 4) is 5.88 Å². The predicted molar refractivity (Wildman–Crippen MR) is 419 cm³/mol. The number of carboxylic acids is 6. The summed E-state index contributed by atoms with van der Waals surface area (Å²) in [5.74, 6) is -21.2. The van der Waals surface area contributed by atoms with E-state index in [9.17, 15) is 113 Å². The summed E-state index contributed by atoms with van der Waals surface area (Å²) in [5, 5.41) is 108. The number of rotatable bonds is 47. The van der Waals surface area contributed by atoms with Crippen LogP contribution in [0.25, 0.3) is 11.2 Å². The van der Waals surface area contributed by atoms with E-state index in [4.69, 9.17) is 19.9 Å². The minimum Gasteiger partial charge on any atom is -0.492 e. The molecule has 14 atom stereocenters. The Bertz CT molecular complexity index is 4560. The number of ether oxygens (including phenoxy) is 3. The van der Waals surface area contributed by atoms with Crippen LogP contribution in [0, 0.1) is 11.8 Å². The van der Waals surface area contributed by atoms with Crippen molar-refractivity contribution < 1.29 is 127 Å². The highest BCUT2D eigenvalue weighted by molar-refractivity contribution is 6.00. The van der Waals surface area contributed by atoms with E-state index in [0.717, 1.165) is 11.1 Å². The molecule has 43 heteroatoms. The van der Waals surface area contributed by atoms with Gasteiger partial charge in [-0.15, -0.1) is 5.10 Å². The number of nitrogen functional groups attached to an aromatic ring is 1. The summed E-state index contributed by atoms with van der Waals surface area (Å²) in [6.45, 7) is 11.1. The summed E-state index contributed by atoms with van der Waals surface area (Å²) in [4.78, 5) is 209. The minimum absolute atomic E-state index is 0.0266. The number of amides is 8. The summed E-state index contributed by atoms with van der Waals surface area (Å²) in [5.41, 5.74) is 9.15. The molecule has 3 aromatic heterocycles. The smallest absolute Gasteiger partial charge is 0.407 e. The Morgan fingerprint density at radius 3 is 1.82 bits per heavy atom. The Morgan fingerprint density at radius 2 is 1.27 bits per heavy atom. The molecule has 19 N–H and O–H groups in total. The number of alkyl carbamates (subject to hydrolysis) is 1. The third-order valence-electron chi connectivity index (χ3n) is 18.4. The summed E-state index contributed by atoms with van der Waals surface area (Å²) >= 11 is 0. The maximum Gasteiger partial charge on any atom is 0.407 e. The van der Waals surface area contributed by atoms with Crippen molar-refractivity contribution in [1.82, 2.24) is 77.5 Å². The van der Waals surface area contributed by atoms with E-state index in [0.29, 0.717) is 29.9 Å². The minimum atomic E-state index is -2.37. The SMILES string of the molecule is C/C=C/[C@@H]1O[C@H]([C@@H](/C=C/C=C(\C)C[C@@H](C)/C=C(C)\C=C\[C@H]2CC=CC(=O)O2)NC(=O)OCCc2cn(CCC[C@H](NC(=O)[C@@H](CC(=O)O)NC(=O)[C@@H](CC(=O)O)NC(=O)[C@@H](CC(=O)O)NC(=O)[C@@H](CC(=O)O)NC(=O)[C@@H](CC(=O)O)NC(=O)CC[C@@H](C)NC(=O)c3ccc(NCc4cnc5nc(N)nc(O)c5n4)cc3)C(=O)O)nn2)C[C@@H](O)[C@@H]1C. The van der Waals surface area contributed by atoms with Crippen LogP contribution in [0.1, 0.15) is 140 Å². The molecule has 0 bridgehead atoms. The third-order valence-corrected chi connectivity index (χ3v) is 18.4. The number of aromatic nitrogens is 7. The van der Waals surface area contributed by atoms with Crippen molar-refractivity contribution in [2.45, 2.75) is 211 Å². The lowest BCUT2D eigenvalue weighted by Crippen LogP contribution is -2.60. The first-order valence-electron chi connectivity index (χ1n) is 37.9. The summed E-state index contributed by atoms with van der Waals surface area (Å²) in [6.07, 6.45) is 12.0. The molecule has 4 aromatic rings. The molecule has 120 heavy (non-hydrogen) atoms. The maximum atomic E-state index is 13.8. The number of aliphatic carboxylic acids is 6. The third kappa shape index (κ3) is 32.8. The zero-order valence-electron chi connectivity index (χ0n) is 66.3. The normalized spacial score (nSPS) is 18.4. The van der Waals surface area contributed by atoms with E-state index in [1.165, 1.54) is 42.2 Å². The Morgan fingerprint density at radius 1 is 0.700 bits per heavy atom. The Labute approximate surface area is 685 Å². The number of benzene rings is 1. The number of esters is 1. The molecule has 0 aliphatic carbocycles. The van der Waals surface area contributed by atoms with E-state index < -0.39 is 194 Å². The van der Waals surface area contributed by atoms with Crippen molar-refractivity contribution in [3.05, 3.63) is 126 Å². The fraction of sp³-hybridized carbons (Fsp3) is 0.468. The van der Waals surface area contributed by atoms with Gasteiger partial charge in [0.15, 0.2) is 11.2 Å². The van der Waals surface area contributed by atoms with Crippen molar-refractivity contribution in [2.24, 2.45) is 11.8 Å². The maximum absolute atomic E-state index is 13.8. The number of nitrogens with zero attached hydrogens (tertiary/aromatic N) is 7. The van der Waals surface area contributed by atoms with Crippen LogP contribution < -0.4 is 53.6 Å². The van der Waals surface area contributed by atoms with Gasteiger partial charge in [0.05, 0.1) is 87.2 Å². The monoisotopic (exact) mass is 1680 g/mol. The second-order valence-corrected chi connectivity index (χ2v) is 28.5. The van der Waals surface area contributed by atoms with Crippen LogP contribution in [0.5, 0.6) is 5.88 Å². The first-order chi connectivity index (χ1) is 56.8. The molecule has 8 amide bonds. The van der Waals surface area contributed by atoms with Gasteiger partial charge >= 0.3 is 47.9 Å². The number of carboxylic acid groups (broad SMARTS) is 6. The highest BCUT2D eigenvalue weighted by Gasteiger charge is 2.40. The number of fused-ring (bicyclic) bond motifs is 1. The Kier molecular flexibility index (Phi) is 37.3. The molecule has 648 valence electrons. The quantitative estimate of drug-likeness (QED) is 0.0166. The van der Waals surface area contributed by atoms with Gasteiger partial charge in [-0.2, -0.15) is 9.97 Å². The molecule has 43 nitrogen and oxygen atoms in total. The van der Waals surface area contributed by atoms with Crippen LogP contribution in [0.4, 0.5) is 16.4 Å². The number of allylic oxidation sites excluding steroid dienone is 7. The lowest BCUT2D eigenvalue weighted by atomic mass is 9.87. The number of anilines is 2. The zero-order valence-corrected chi connectivity index (χ0v) is 66.3. The van der Waals surface area contributed by atoms with E-state index in [1.807, 2.05) is 79.3 Å². The van der Waals surface area contributed by atoms with E-state index in [-0.39, 0.29) is 98.4 Å². The molecule has 6 rings (SSSR count). The number of carbonyl (C=O) groups excluding carboxylic acids is 9. The molecule has 1 aromatic carbocycles. The fourth-order valence-corrected chi connectivity index (χ4v) is 12.3. The van der Waals surface area contributed by atoms with Gasteiger partial charge in [-0.05, 0) is 89.6 Å². The van der Waals surface area contributed by atoms with Crippen LogP contribution in [0.15, 0.2) is 109 Å². The second-order valence-electron chi connectivity index (χ2n) is 28.5. The van der Waals surface area contributed by atoms with Crippen LogP contribution in [-0.4, -0.2) is 244 Å². The number of hydrogen-bond donors (Lipinski definition) is 18. The largest absolute Gasteiger partial charge is 0.492 e. The van der Waals surface area contributed by atoms with Crippen LogP contribution in [-0.2, 0) is 96.0 Å². The first-order valence-corrected chi connectivity index (χ1v) is 37.9. The van der Waals surface area contributed by atoms with Gasteiger partial charge in [-0.1, -0.05) is 78.8 Å². The average molecular weight is 1680 g/mol. The predicted octanol–water partition coefficient (Wildman–Crippen LogP) is 0.928. The number of hydrogen-bond acceptors (Lipinski definition) is 28. The van der Waals surface area contributed by atoms with Crippen molar-refractivity contribution in [3.63, 3.8) is 0 Å². The van der Waals surface area contributed by atoms with Crippen molar-refractivity contribution in [1.29, 1.82) is 0 Å². The van der Waals surface area contributed by atoms with Gasteiger partial charge in [-0.3, -0.25) is 62.2 Å². The number of nitrogens with one attached hydrogen (secondary N) is 9. The second kappa shape index (κ2) is 47.0. The molecule has 0 saturated carbocycles. The molecular weight excluding hydrogens is 1580 g/mol. The molecule has 1 saturated heterocycles.